The summed E-state index contributed by atoms with van der Waals surface area (Å²) in [6, 6.07) is 7.82. The van der Waals surface area contributed by atoms with E-state index in [0.29, 0.717) is 26.3 Å². The number of nitrogens with zero attached hydrogens (tertiary/aromatic N) is 5. The van der Waals surface area contributed by atoms with Crippen LogP contribution in [0.1, 0.15) is 54.3 Å². The highest BCUT2D eigenvalue weighted by Crippen LogP contribution is 2.26. The number of aliphatic imine (C=N–C) groups is 1. The molecule has 2 N–H and O–H groups in total. The number of para-hydroxylation sites is 1. The first-order valence-electron chi connectivity index (χ1n) is 12.2. The fourth-order valence-electron chi connectivity index (χ4n) is 3.95. The highest BCUT2D eigenvalue weighted by Gasteiger charge is 2.29. The van der Waals surface area contributed by atoms with Crippen molar-refractivity contribution in [1.29, 1.82) is 0 Å². The number of amides is 2. The van der Waals surface area contributed by atoms with Crippen molar-refractivity contribution in [3.63, 3.8) is 0 Å². The summed E-state index contributed by atoms with van der Waals surface area (Å²) >= 11 is 0. The molecular weight excluding hydrogens is 476 g/mol. The third kappa shape index (κ3) is 7.16. The molecule has 200 valence electrons. The summed E-state index contributed by atoms with van der Waals surface area (Å²) in [5.74, 6) is 0.609. The van der Waals surface area contributed by atoms with Crippen molar-refractivity contribution >= 4 is 40.1 Å². The summed E-state index contributed by atoms with van der Waals surface area (Å²) in [7, 11) is 0. The lowest BCUT2D eigenvalue weighted by molar-refractivity contribution is 0.0551. The molecule has 0 aliphatic heterocycles. The van der Waals surface area contributed by atoms with Gasteiger partial charge in [-0.1, -0.05) is 18.2 Å². The van der Waals surface area contributed by atoms with Gasteiger partial charge in [0.1, 0.15) is 23.5 Å². The van der Waals surface area contributed by atoms with Crippen molar-refractivity contribution < 1.29 is 24.2 Å². The third-order valence-corrected chi connectivity index (χ3v) is 5.42. The maximum absolute atomic E-state index is 12.5. The first-order chi connectivity index (χ1) is 17.3. The van der Waals surface area contributed by atoms with Gasteiger partial charge in [-0.3, -0.25) is 10.3 Å². The van der Waals surface area contributed by atoms with Gasteiger partial charge in [0, 0.05) is 30.6 Å². The lowest BCUT2D eigenvalue weighted by Crippen LogP contribution is -2.54. The summed E-state index contributed by atoms with van der Waals surface area (Å²) < 4.78 is 13.1. The number of nitrogens with one attached hydrogen (secondary N) is 1. The second kappa shape index (κ2) is 11.1. The maximum Gasteiger partial charge on any atom is 0.434 e. The first kappa shape index (κ1) is 27.9. The highest BCUT2D eigenvalue weighted by molar-refractivity contribution is 6.02. The molecule has 0 bridgehead atoms. The molecule has 11 heteroatoms. The topological polar surface area (TPSA) is 131 Å². The summed E-state index contributed by atoms with van der Waals surface area (Å²) in [5.41, 5.74) is 1.13. The molecule has 0 spiro atoms. The molecule has 0 radical (unpaired) electrons. The van der Waals surface area contributed by atoms with E-state index in [1.54, 1.807) is 31.9 Å². The largest absolute Gasteiger partial charge is 0.463 e. The predicted octanol–water partition coefficient (Wildman–Crippen LogP) is 4.78. The van der Waals surface area contributed by atoms with E-state index in [1.165, 1.54) is 0 Å². The fourth-order valence-corrected chi connectivity index (χ4v) is 3.95. The van der Waals surface area contributed by atoms with Gasteiger partial charge in [-0.05, 0) is 54.5 Å². The molecular formula is C26H36N6O5. The second-order valence-electron chi connectivity index (χ2n) is 10.5. The van der Waals surface area contributed by atoms with Crippen LogP contribution in [-0.2, 0) is 22.6 Å². The van der Waals surface area contributed by atoms with Crippen LogP contribution in [0.4, 0.5) is 9.59 Å². The quantitative estimate of drug-likeness (QED) is 0.356. The molecule has 2 amide bonds. The van der Waals surface area contributed by atoms with Crippen LogP contribution >= 0.6 is 0 Å². The summed E-state index contributed by atoms with van der Waals surface area (Å²) in [6.07, 6.45) is -0.474. The van der Waals surface area contributed by atoms with Gasteiger partial charge >= 0.3 is 12.2 Å². The molecule has 3 rings (SSSR count). The standard InChI is InChI=1S/C26H36N6O5/c1-8-36-16-20-28-19-15-27-18-12-10-9-11-17(18)21(19)31(20)13-14-32(25(2,3)4)22(29-23(33)34)30-24(35)37-26(5,6)7/h9-12,15H,8,13-14,16H2,1-7H3,(H,33,34)(H,29,30,35). The molecule has 0 aliphatic carbocycles. The Morgan fingerprint density at radius 1 is 1.14 bits per heavy atom. The van der Waals surface area contributed by atoms with Crippen LogP contribution in [0.3, 0.4) is 0 Å². The van der Waals surface area contributed by atoms with Gasteiger partial charge < -0.3 is 24.0 Å². The van der Waals surface area contributed by atoms with Crippen LogP contribution in [0, 0.1) is 0 Å². The number of carbonyl (C=O) groups excluding carboxylic acids is 1. The normalized spacial score (nSPS) is 12.7. The molecule has 2 heterocycles. The van der Waals surface area contributed by atoms with E-state index in [-0.39, 0.29) is 5.96 Å². The molecule has 0 saturated carbocycles. The number of rotatable bonds is 6. The number of aromatic nitrogens is 3. The van der Waals surface area contributed by atoms with Crippen LogP contribution in [0.25, 0.3) is 21.9 Å². The number of ether oxygens (including phenoxy) is 2. The van der Waals surface area contributed by atoms with E-state index in [0.717, 1.165) is 27.8 Å². The molecule has 37 heavy (non-hydrogen) atoms. The summed E-state index contributed by atoms with van der Waals surface area (Å²) in [5, 5.41) is 12.9. The Balaban J connectivity index is 2.03. The zero-order chi connectivity index (χ0) is 27.4. The van der Waals surface area contributed by atoms with Crippen LogP contribution in [0.2, 0.25) is 0 Å². The molecule has 0 atom stereocenters. The Morgan fingerprint density at radius 2 is 1.84 bits per heavy atom. The van der Waals surface area contributed by atoms with Crippen LogP contribution in [0.15, 0.2) is 35.5 Å². The zero-order valence-corrected chi connectivity index (χ0v) is 22.5. The third-order valence-electron chi connectivity index (χ3n) is 5.42. The summed E-state index contributed by atoms with van der Waals surface area (Å²) in [4.78, 5) is 38.8. The van der Waals surface area contributed by atoms with Crippen molar-refractivity contribution in [2.45, 2.75) is 72.8 Å². The number of carbonyl (C=O) groups is 2. The number of fused-ring (bicyclic) bond motifs is 3. The Hall–Kier alpha value is -3.73. The van der Waals surface area contributed by atoms with Gasteiger partial charge in [0.25, 0.3) is 0 Å². The Kier molecular flexibility index (Phi) is 8.37. The van der Waals surface area contributed by atoms with E-state index in [4.69, 9.17) is 14.5 Å². The van der Waals surface area contributed by atoms with Crippen LogP contribution in [0.5, 0.6) is 0 Å². The van der Waals surface area contributed by atoms with E-state index in [2.05, 4.69) is 19.9 Å². The lowest BCUT2D eigenvalue weighted by Gasteiger charge is -2.38. The van der Waals surface area contributed by atoms with Crippen LogP contribution in [-0.4, -0.2) is 67.0 Å². The highest BCUT2D eigenvalue weighted by atomic mass is 16.6. The lowest BCUT2D eigenvalue weighted by atomic mass is 10.1. The molecule has 0 unspecified atom stereocenters. The van der Waals surface area contributed by atoms with Gasteiger partial charge in [-0.15, -0.1) is 4.99 Å². The number of carboxylic acid groups (broad SMARTS) is 1. The monoisotopic (exact) mass is 512 g/mol. The zero-order valence-electron chi connectivity index (χ0n) is 22.5. The van der Waals surface area contributed by atoms with Gasteiger partial charge in [-0.25, -0.2) is 14.6 Å². The predicted molar refractivity (Wildman–Crippen MR) is 142 cm³/mol. The molecule has 0 fully saturated rings. The van der Waals surface area contributed by atoms with Gasteiger partial charge in [0.2, 0.25) is 5.96 Å². The van der Waals surface area contributed by atoms with E-state index >= 15 is 0 Å². The fraction of sp³-hybridized carbons (Fsp3) is 0.500. The molecule has 0 aliphatic rings. The van der Waals surface area contributed by atoms with E-state index in [9.17, 15) is 14.7 Å². The van der Waals surface area contributed by atoms with Crippen molar-refractivity contribution in [2.75, 3.05) is 13.2 Å². The first-order valence-corrected chi connectivity index (χ1v) is 12.2. The van der Waals surface area contributed by atoms with Gasteiger partial charge in [0.05, 0.1) is 17.2 Å². The van der Waals surface area contributed by atoms with E-state index < -0.39 is 23.3 Å². The molecule has 2 aromatic heterocycles. The average Bonchev–Trinajstić information content (AvgIpc) is 3.13. The minimum Gasteiger partial charge on any atom is -0.463 e. The maximum atomic E-state index is 12.5. The van der Waals surface area contributed by atoms with Crippen molar-refractivity contribution in [2.24, 2.45) is 4.99 Å². The molecule has 0 saturated heterocycles. The Labute approximate surface area is 216 Å². The minimum absolute atomic E-state index is 0.114. The molecule has 3 aromatic rings. The smallest absolute Gasteiger partial charge is 0.434 e. The number of guanidine groups is 1. The van der Waals surface area contributed by atoms with Gasteiger partial charge in [-0.2, -0.15) is 0 Å². The molecule has 1 aromatic carbocycles. The summed E-state index contributed by atoms with van der Waals surface area (Å²) in [6.45, 7) is 14.4. The number of hydrogen-bond donors (Lipinski definition) is 2. The van der Waals surface area contributed by atoms with Gasteiger partial charge in [0.15, 0.2) is 0 Å². The Morgan fingerprint density at radius 3 is 2.46 bits per heavy atom. The molecule has 11 nitrogen and oxygen atoms in total. The number of benzene rings is 1. The minimum atomic E-state index is -1.43. The number of hydrogen-bond acceptors (Lipinski definition) is 6. The van der Waals surface area contributed by atoms with E-state index in [1.807, 2.05) is 52.0 Å². The SMILES string of the molecule is CCOCc1nc2cnc3ccccc3c2n1CCN(C(=NC(=O)O)NC(=O)OC(C)(C)C)C(C)(C)C. The average molecular weight is 513 g/mol. The van der Waals surface area contributed by atoms with Crippen molar-refractivity contribution in [3.05, 3.63) is 36.3 Å². The van der Waals surface area contributed by atoms with Crippen LogP contribution < -0.4 is 5.32 Å². The van der Waals surface area contributed by atoms with Crippen molar-refractivity contribution in [1.82, 2.24) is 24.8 Å². The van der Waals surface area contributed by atoms with Crippen molar-refractivity contribution in [3.8, 4) is 0 Å². The number of imidazole rings is 1. The number of alkyl carbamates (subject to hydrolysis) is 1. The Bertz CT molecular complexity index is 1300. The second-order valence-corrected chi connectivity index (χ2v) is 10.5. The number of pyridine rings is 1.